The van der Waals surface area contributed by atoms with Crippen LogP contribution >= 0.6 is 0 Å². The number of phenolic OH excluding ortho intramolecular Hbond substituents is 1. The number of carbonyl (C=O) groups is 12. The first-order valence-electron chi connectivity index (χ1n) is 23.0. The zero-order valence-corrected chi connectivity index (χ0v) is 41.2. The maximum Gasteiger partial charge on any atom is 0.322 e. The van der Waals surface area contributed by atoms with Crippen molar-refractivity contribution in [2.75, 3.05) is 26.4 Å². The fourth-order valence-corrected chi connectivity index (χ4v) is 6.47. The summed E-state index contributed by atoms with van der Waals surface area (Å²) in [6, 6.07) is -10.1. The predicted molar refractivity (Wildman–Crippen MR) is 252 cm³/mol. The minimum absolute atomic E-state index is 0.0988. The fraction of sp³-hybridized carbons (Fsp3) is 0.591. The van der Waals surface area contributed by atoms with Crippen molar-refractivity contribution >= 4 is 71.1 Å². The summed E-state index contributed by atoms with van der Waals surface area (Å²) in [5.74, 6) is -16.1. The van der Waals surface area contributed by atoms with Gasteiger partial charge < -0.3 is 94.4 Å². The number of hydrogen-bond donors (Lipinski definition) is 18. The molecule has 0 aliphatic heterocycles. The number of aliphatic hydroxyl groups excluding tert-OH is 4. The largest absolute Gasteiger partial charge is 0.508 e. The smallest absolute Gasteiger partial charge is 0.322 e. The Bertz CT molecular complexity index is 2140. The van der Waals surface area contributed by atoms with Crippen LogP contribution in [0.3, 0.4) is 0 Å². The second kappa shape index (κ2) is 31.8. The van der Waals surface area contributed by atoms with Gasteiger partial charge in [-0.3, -0.25) is 57.5 Å². The van der Waals surface area contributed by atoms with Gasteiger partial charge in [-0.05, 0) is 49.3 Å². The molecule has 0 saturated carbocycles. The summed E-state index contributed by atoms with van der Waals surface area (Å²) in [7, 11) is 0. The number of phenols is 1. The molecule has 0 saturated heterocycles. The quantitative estimate of drug-likeness (QED) is 0.0311. The van der Waals surface area contributed by atoms with Crippen LogP contribution in [0.2, 0.25) is 0 Å². The molecular weight excluding hydrogens is 989 g/mol. The molecule has 414 valence electrons. The molecule has 0 bridgehead atoms. The lowest BCUT2D eigenvalue weighted by atomic mass is 10.00. The van der Waals surface area contributed by atoms with Crippen molar-refractivity contribution < 1.29 is 98.4 Å². The molecule has 0 aliphatic rings. The third-order valence-corrected chi connectivity index (χ3v) is 10.6. The van der Waals surface area contributed by atoms with E-state index in [-0.39, 0.29) is 24.5 Å². The molecule has 10 atom stereocenters. The second-order valence-electron chi connectivity index (χ2n) is 17.6. The fourth-order valence-electron chi connectivity index (χ4n) is 6.47. The van der Waals surface area contributed by atoms with Crippen molar-refractivity contribution in [1.29, 1.82) is 0 Å². The maximum atomic E-state index is 14.0. The number of nitrogens with two attached hydrogens (primary N) is 1. The highest BCUT2D eigenvalue weighted by atomic mass is 16.4. The van der Waals surface area contributed by atoms with Gasteiger partial charge in [-0.1, -0.05) is 39.8 Å². The summed E-state index contributed by atoms with van der Waals surface area (Å²) in [5, 5.41) is 96.9. The summed E-state index contributed by atoms with van der Waals surface area (Å²) in [4.78, 5) is 154. The standard InChI is InChI=1S/C44H68N10O20/c1-19(2)12-25(37(67)47-24(10-11-31(60)61)36(66)46-15-33(64)65)48-38(68)26(13-22-6-8-23(59)9-7-22)49-40(70)28(16-55)51-42(72)30(18-57)53-44(74)35(20(3)4)54-39(69)27(14-32(62)63)50-41(71)29(17-56)52-43(73)34(45)21(5)58/h6-9,19-21,24-30,34-35,55-59H,10-18,45H2,1-5H3,(H,46,66)(H,47,67)(H,48,68)(H,49,70)(H,50,71)(H,51,72)(H,52,73)(H,53,74)(H,54,69)(H,60,61)(H,62,63)(H,64,65)/t21-,24+,25+,26+,27+,28+,29+,30+,34+,35+/m1/s1. The van der Waals surface area contributed by atoms with Gasteiger partial charge in [-0.15, -0.1) is 0 Å². The van der Waals surface area contributed by atoms with E-state index >= 15 is 0 Å². The molecule has 0 fully saturated rings. The molecule has 19 N–H and O–H groups in total. The molecule has 9 amide bonds. The van der Waals surface area contributed by atoms with Crippen LogP contribution in [-0.4, -0.2) is 199 Å². The lowest BCUT2D eigenvalue weighted by molar-refractivity contribution is -0.142. The minimum atomic E-state index is -1.95. The van der Waals surface area contributed by atoms with Gasteiger partial charge in [-0.25, -0.2) is 0 Å². The zero-order valence-electron chi connectivity index (χ0n) is 41.2. The van der Waals surface area contributed by atoms with Crippen molar-refractivity contribution in [3.05, 3.63) is 29.8 Å². The Hall–Kier alpha value is -7.54. The van der Waals surface area contributed by atoms with Crippen LogP contribution in [0.25, 0.3) is 0 Å². The SMILES string of the molecule is CC(C)C[C@H](NC(=O)[C@H](Cc1ccc(O)cc1)NC(=O)[C@H](CO)NC(=O)[C@H](CO)NC(=O)[C@@H](NC(=O)[C@H](CC(=O)O)NC(=O)[C@H](CO)NC(=O)[C@@H](N)[C@@H](C)O)C(C)C)C(=O)N[C@@H](CCC(=O)O)C(=O)NCC(=O)O. The Kier molecular flexibility index (Phi) is 27.7. The normalized spacial score (nSPS) is 15.1. The molecule has 0 radical (unpaired) electrons. The van der Waals surface area contributed by atoms with Crippen LogP contribution in [0.4, 0.5) is 0 Å². The van der Waals surface area contributed by atoms with Gasteiger partial charge in [0.05, 0.1) is 32.3 Å². The average molecular weight is 1060 g/mol. The maximum absolute atomic E-state index is 14.0. The lowest BCUT2D eigenvalue weighted by Crippen LogP contribution is -2.62. The van der Waals surface area contributed by atoms with E-state index < -0.39 is 183 Å². The Morgan fingerprint density at radius 1 is 0.500 bits per heavy atom. The van der Waals surface area contributed by atoms with E-state index in [1.165, 1.54) is 45.0 Å². The first kappa shape index (κ1) is 64.5. The number of aliphatic hydroxyl groups is 4. The van der Waals surface area contributed by atoms with Crippen LogP contribution < -0.4 is 53.6 Å². The van der Waals surface area contributed by atoms with E-state index in [2.05, 4.69) is 31.9 Å². The van der Waals surface area contributed by atoms with Crippen molar-refractivity contribution in [1.82, 2.24) is 47.9 Å². The van der Waals surface area contributed by atoms with Gasteiger partial charge >= 0.3 is 17.9 Å². The third kappa shape index (κ3) is 22.9. The molecule has 0 aromatic heterocycles. The van der Waals surface area contributed by atoms with Gasteiger partial charge in [0.15, 0.2) is 0 Å². The predicted octanol–water partition coefficient (Wildman–Crippen LogP) is -7.26. The second-order valence-corrected chi connectivity index (χ2v) is 17.6. The van der Waals surface area contributed by atoms with Gasteiger partial charge in [0.2, 0.25) is 53.2 Å². The van der Waals surface area contributed by atoms with E-state index in [0.29, 0.717) is 5.56 Å². The van der Waals surface area contributed by atoms with Gasteiger partial charge in [0.25, 0.3) is 0 Å². The van der Waals surface area contributed by atoms with Crippen molar-refractivity contribution in [2.24, 2.45) is 17.6 Å². The Balaban J connectivity index is 3.37. The van der Waals surface area contributed by atoms with Crippen LogP contribution in [-0.2, 0) is 64.0 Å². The topological polar surface area (TPSA) is 501 Å². The molecule has 1 aromatic rings. The molecule has 0 spiro atoms. The first-order chi connectivity index (χ1) is 34.5. The number of aliphatic carboxylic acids is 3. The Morgan fingerprint density at radius 3 is 1.36 bits per heavy atom. The number of benzene rings is 1. The average Bonchev–Trinajstić information content (AvgIpc) is 3.32. The van der Waals surface area contributed by atoms with E-state index in [1.54, 1.807) is 13.8 Å². The van der Waals surface area contributed by atoms with Crippen LogP contribution in [0.1, 0.15) is 65.9 Å². The van der Waals surface area contributed by atoms with Crippen LogP contribution in [0.5, 0.6) is 5.75 Å². The molecule has 0 aliphatic carbocycles. The Labute approximate surface area is 423 Å². The van der Waals surface area contributed by atoms with E-state index in [1.807, 2.05) is 16.0 Å². The van der Waals surface area contributed by atoms with E-state index in [4.69, 9.17) is 10.8 Å². The molecule has 1 aromatic carbocycles. The summed E-state index contributed by atoms with van der Waals surface area (Å²) in [6.45, 7) is 3.06. The number of amides is 9. The van der Waals surface area contributed by atoms with Gasteiger partial charge in [-0.2, -0.15) is 0 Å². The first-order valence-corrected chi connectivity index (χ1v) is 23.0. The van der Waals surface area contributed by atoms with Crippen molar-refractivity contribution in [3.8, 4) is 5.75 Å². The molecule has 0 unspecified atom stereocenters. The third-order valence-electron chi connectivity index (χ3n) is 10.6. The number of nitrogens with one attached hydrogen (secondary N) is 9. The Morgan fingerprint density at radius 2 is 0.919 bits per heavy atom. The summed E-state index contributed by atoms with van der Waals surface area (Å²) in [6.07, 6.45) is -4.02. The summed E-state index contributed by atoms with van der Waals surface area (Å²) >= 11 is 0. The summed E-state index contributed by atoms with van der Waals surface area (Å²) < 4.78 is 0. The highest BCUT2D eigenvalue weighted by molar-refractivity contribution is 5.99. The molecule has 0 heterocycles. The number of rotatable bonds is 33. The van der Waals surface area contributed by atoms with Gasteiger partial charge in [0, 0.05) is 12.8 Å². The minimum Gasteiger partial charge on any atom is -0.508 e. The summed E-state index contributed by atoms with van der Waals surface area (Å²) in [5.41, 5.74) is 5.86. The number of carboxylic acid groups (broad SMARTS) is 3. The lowest BCUT2D eigenvalue weighted by Gasteiger charge is -2.28. The van der Waals surface area contributed by atoms with Gasteiger partial charge in [0.1, 0.15) is 66.7 Å². The van der Waals surface area contributed by atoms with Crippen molar-refractivity contribution in [2.45, 2.75) is 127 Å². The number of aromatic hydroxyl groups is 1. The molecule has 30 heteroatoms. The highest BCUT2D eigenvalue weighted by Gasteiger charge is 2.36. The molecule has 74 heavy (non-hydrogen) atoms. The van der Waals surface area contributed by atoms with Crippen LogP contribution in [0, 0.1) is 11.8 Å². The number of carbonyl (C=O) groups excluding carboxylic acids is 9. The zero-order chi connectivity index (χ0) is 56.6. The highest BCUT2D eigenvalue weighted by Crippen LogP contribution is 2.14. The molecule has 1 rings (SSSR count). The van der Waals surface area contributed by atoms with E-state index in [0.717, 1.165) is 0 Å². The monoisotopic (exact) mass is 1060 g/mol. The molecular formula is C44H68N10O20. The van der Waals surface area contributed by atoms with Crippen molar-refractivity contribution in [3.63, 3.8) is 0 Å². The van der Waals surface area contributed by atoms with Crippen LogP contribution in [0.15, 0.2) is 24.3 Å². The number of hydrogen-bond acceptors (Lipinski definition) is 18. The number of carboxylic acids is 3. The van der Waals surface area contributed by atoms with E-state index in [9.17, 15) is 93.3 Å². The molecule has 30 nitrogen and oxygen atoms in total.